The number of nitrogens with zero attached hydrogens (tertiary/aromatic N) is 2. The first-order valence-electron chi connectivity index (χ1n) is 4.19. The first kappa shape index (κ1) is 11.3. The molecule has 0 fully saturated rings. The summed E-state index contributed by atoms with van der Waals surface area (Å²) in [6, 6.07) is 11.2. The van der Waals surface area contributed by atoms with Gasteiger partial charge in [0, 0.05) is 0 Å². The second-order valence-electron chi connectivity index (χ2n) is 2.58. The van der Waals surface area contributed by atoms with Gasteiger partial charge in [0.2, 0.25) is 0 Å². The van der Waals surface area contributed by atoms with Gasteiger partial charge in [-0.3, -0.25) is 10.8 Å². The summed E-state index contributed by atoms with van der Waals surface area (Å²) in [6.45, 7) is 0. The predicted octanol–water partition coefficient (Wildman–Crippen LogP) is 2.32. The number of rotatable bonds is 3. The molecule has 0 aliphatic heterocycles. The van der Waals surface area contributed by atoms with E-state index in [4.69, 9.17) is 10.7 Å². The number of hydrogen-bond donors (Lipinski definition) is 2. The van der Waals surface area contributed by atoms with Crippen LogP contribution in [-0.2, 0) is 0 Å². The van der Waals surface area contributed by atoms with Crippen molar-refractivity contribution in [2.45, 2.75) is 0 Å². The fraction of sp³-hybridized carbons (Fsp3) is 0.100. The summed E-state index contributed by atoms with van der Waals surface area (Å²) in [5, 5.41) is 20.2. The monoisotopic (exact) mass is 218 g/mol. The molecule has 0 saturated heterocycles. The van der Waals surface area contributed by atoms with Crippen LogP contribution < -0.4 is 5.43 Å². The van der Waals surface area contributed by atoms with Crippen molar-refractivity contribution in [3.8, 4) is 6.07 Å². The lowest BCUT2D eigenvalue weighted by Gasteiger charge is -2.00. The smallest absolute Gasteiger partial charge is 0.192 e. The summed E-state index contributed by atoms with van der Waals surface area (Å²) in [4.78, 5) is 0. The molecule has 0 heterocycles. The maximum atomic E-state index is 8.73. The number of thioether (sulfide) groups is 1. The lowest BCUT2D eigenvalue weighted by molar-refractivity contribution is 1.34. The van der Waals surface area contributed by atoms with E-state index >= 15 is 0 Å². The van der Waals surface area contributed by atoms with Crippen molar-refractivity contribution in [3.05, 3.63) is 30.3 Å². The number of nitrogens with one attached hydrogen (secondary N) is 2. The molecule has 0 aliphatic rings. The van der Waals surface area contributed by atoms with Crippen molar-refractivity contribution in [2.75, 3.05) is 11.7 Å². The molecule has 0 saturated carbocycles. The lowest BCUT2D eigenvalue weighted by atomic mass is 10.3. The quantitative estimate of drug-likeness (QED) is 0.464. The number of hydrazone groups is 1. The maximum absolute atomic E-state index is 8.73. The number of para-hydroxylation sites is 1. The average molecular weight is 218 g/mol. The molecule has 2 N–H and O–H groups in total. The van der Waals surface area contributed by atoms with Crippen molar-refractivity contribution in [1.82, 2.24) is 0 Å². The van der Waals surface area contributed by atoms with E-state index in [-0.39, 0.29) is 10.8 Å². The Balaban J connectivity index is 2.72. The summed E-state index contributed by atoms with van der Waals surface area (Å²) >= 11 is 1.18. The van der Waals surface area contributed by atoms with Gasteiger partial charge in [0.15, 0.2) is 5.71 Å². The fourth-order valence-electron chi connectivity index (χ4n) is 0.856. The molecule has 15 heavy (non-hydrogen) atoms. The summed E-state index contributed by atoms with van der Waals surface area (Å²) < 4.78 is 0. The van der Waals surface area contributed by atoms with E-state index in [1.54, 1.807) is 6.26 Å². The highest BCUT2D eigenvalue weighted by Crippen LogP contribution is 2.05. The van der Waals surface area contributed by atoms with Crippen LogP contribution in [0.5, 0.6) is 0 Å². The summed E-state index contributed by atoms with van der Waals surface area (Å²) in [5.41, 5.74) is 3.60. The molecule has 0 amide bonds. The van der Waals surface area contributed by atoms with Crippen molar-refractivity contribution in [1.29, 1.82) is 10.7 Å². The Kier molecular flexibility index (Phi) is 4.38. The Morgan fingerprint density at radius 3 is 2.67 bits per heavy atom. The molecule has 0 radical (unpaired) electrons. The normalized spacial score (nSPS) is 10.5. The van der Waals surface area contributed by atoms with Crippen molar-refractivity contribution in [2.24, 2.45) is 5.10 Å². The molecule has 4 nitrogen and oxygen atoms in total. The van der Waals surface area contributed by atoms with Crippen LogP contribution in [0.25, 0.3) is 0 Å². The highest BCUT2D eigenvalue weighted by atomic mass is 32.2. The van der Waals surface area contributed by atoms with Gasteiger partial charge in [0.05, 0.1) is 5.69 Å². The van der Waals surface area contributed by atoms with E-state index < -0.39 is 0 Å². The molecule has 1 aromatic rings. The largest absolute Gasteiger partial charge is 0.291 e. The third-order valence-electron chi connectivity index (χ3n) is 1.60. The molecular weight excluding hydrogens is 208 g/mol. The summed E-state index contributed by atoms with van der Waals surface area (Å²) in [5.74, 6) is 0. The van der Waals surface area contributed by atoms with Crippen LogP contribution in [0.2, 0.25) is 0 Å². The van der Waals surface area contributed by atoms with E-state index in [0.29, 0.717) is 0 Å². The minimum absolute atomic E-state index is 0.0892. The average Bonchev–Trinajstić information content (AvgIpc) is 2.31. The van der Waals surface area contributed by atoms with Crippen LogP contribution in [0.1, 0.15) is 0 Å². The van der Waals surface area contributed by atoms with E-state index in [1.807, 2.05) is 36.4 Å². The van der Waals surface area contributed by atoms with Crippen LogP contribution in [0.3, 0.4) is 0 Å². The molecular formula is C10H10N4S. The molecule has 1 aromatic carbocycles. The highest BCUT2D eigenvalue weighted by molar-refractivity contribution is 8.15. The van der Waals surface area contributed by atoms with Gasteiger partial charge < -0.3 is 0 Å². The third kappa shape index (κ3) is 3.44. The first-order chi connectivity index (χ1) is 7.27. The van der Waals surface area contributed by atoms with Crippen LogP contribution in [0.4, 0.5) is 5.69 Å². The SMILES string of the molecule is CSC(=N)/C(C#N)=N\Nc1ccccc1. The van der Waals surface area contributed by atoms with Crippen LogP contribution in [0.15, 0.2) is 35.4 Å². The summed E-state index contributed by atoms with van der Waals surface area (Å²) in [6.07, 6.45) is 1.73. The highest BCUT2D eigenvalue weighted by Gasteiger charge is 2.03. The molecule has 0 unspecified atom stereocenters. The number of anilines is 1. The topological polar surface area (TPSA) is 72.0 Å². The van der Waals surface area contributed by atoms with Crippen LogP contribution >= 0.6 is 11.8 Å². The van der Waals surface area contributed by atoms with Gasteiger partial charge in [-0.05, 0) is 18.4 Å². The molecule has 5 heteroatoms. The molecule has 0 bridgehead atoms. The second-order valence-corrected chi connectivity index (χ2v) is 3.40. The lowest BCUT2D eigenvalue weighted by Crippen LogP contribution is -2.08. The number of nitriles is 1. The van der Waals surface area contributed by atoms with Gasteiger partial charge in [-0.25, -0.2) is 0 Å². The van der Waals surface area contributed by atoms with Gasteiger partial charge >= 0.3 is 0 Å². The Hall–Kier alpha value is -1.80. The fourth-order valence-corrected chi connectivity index (χ4v) is 1.14. The molecule has 76 valence electrons. The Bertz CT molecular complexity index is 405. The minimum Gasteiger partial charge on any atom is -0.291 e. The zero-order valence-electron chi connectivity index (χ0n) is 8.19. The van der Waals surface area contributed by atoms with E-state index in [1.165, 1.54) is 11.8 Å². The number of benzene rings is 1. The minimum atomic E-state index is 0.0892. The van der Waals surface area contributed by atoms with Gasteiger partial charge in [-0.1, -0.05) is 18.2 Å². The summed E-state index contributed by atoms with van der Waals surface area (Å²) in [7, 11) is 0. The van der Waals surface area contributed by atoms with Gasteiger partial charge in [-0.15, -0.1) is 11.8 Å². The second kappa shape index (κ2) is 5.83. The Morgan fingerprint density at radius 1 is 1.47 bits per heavy atom. The first-order valence-corrected chi connectivity index (χ1v) is 5.42. The standard InChI is InChI=1S/C10H10N4S/c1-15-10(12)9(7-11)14-13-8-5-3-2-4-6-8/h2-6,12-13H,1H3/b12-10?,14-9-. The Morgan fingerprint density at radius 2 is 2.13 bits per heavy atom. The molecule has 1 rings (SSSR count). The van der Waals surface area contributed by atoms with Crippen LogP contribution in [0, 0.1) is 16.7 Å². The maximum Gasteiger partial charge on any atom is 0.192 e. The zero-order valence-corrected chi connectivity index (χ0v) is 9.01. The van der Waals surface area contributed by atoms with Gasteiger partial charge in [0.25, 0.3) is 0 Å². The van der Waals surface area contributed by atoms with Crippen LogP contribution in [-0.4, -0.2) is 17.0 Å². The van der Waals surface area contributed by atoms with Crippen molar-refractivity contribution in [3.63, 3.8) is 0 Å². The van der Waals surface area contributed by atoms with Gasteiger partial charge in [0.1, 0.15) is 11.1 Å². The van der Waals surface area contributed by atoms with Crippen molar-refractivity contribution < 1.29 is 0 Å². The van der Waals surface area contributed by atoms with Crippen molar-refractivity contribution >= 4 is 28.2 Å². The zero-order chi connectivity index (χ0) is 11.1. The van der Waals surface area contributed by atoms with E-state index in [9.17, 15) is 0 Å². The molecule has 0 spiro atoms. The Labute approximate surface area is 92.5 Å². The molecule has 0 aromatic heterocycles. The number of hydrogen-bond acceptors (Lipinski definition) is 5. The molecule has 0 aliphatic carbocycles. The van der Waals surface area contributed by atoms with Gasteiger partial charge in [-0.2, -0.15) is 10.4 Å². The third-order valence-corrected chi connectivity index (χ3v) is 2.20. The van der Waals surface area contributed by atoms with E-state index in [0.717, 1.165) is 5.69 Å². The molecule has 0 atom stereocenters. The predicted molar refractivity (Wildman–Crippen MR) is 64.4 cm³/mol. The van der Waals surface area contributed by atoms with E-state index in [2.05, 4.69) is 10.5 Å².